The molecule has 0 radical (unpaired) electrons. The van der Waals surface area contributed by atoms with E-state index < -0.39 is 0 Å². The number of carbonyl (C=O) groups is 2. The van der Waals surface area contributed by atoms with E-state index in [1.807, 2.05) is 12.1 Å². The van der Waals surface area contributed by atoms with E-state index in [1.165, 1.54) is 17.7 Å². The second-order valence-electron chi connectivity index (χ2n) is 5.45. The minimum absolute atomic E-state index is 0.118. The Bertz CT molecular complexity index is 523. The number of hydrogen-bond donors (Lipinski definition) is 1. The van der Waals surface area contributed by atoms with E-state index in [4.69, 9.17) is 0 Å². The van der Waals surface area contributed by atoms with Gasteiger partial charge in [0, 0.05) is 10.5 Å². The van der Waals surface area contributed by atoms with E-state index in [9.17, 15) is 9.59 Å². The number of rotatable bonds is 3. The summed E-state index contributed by atoms with van der Waals surface area (Å²) in [5.41, 5.74) is 0.652. The number of hydrogen-bond acceptors (Lipinski definition) is 3. The number of imide groups is 1. The predicted molar refractivity (Wildman–Crippen MR) is 80.4 cm³/mol. The molecular formula is C15H17BrN2O2. The lowest BCUT2D eigenvalue weighted by molar-refractivity contribution is -0.121. The van der Waals surface area contributed by atoms with Gasteiger partial charge in [-0.15, -0.1) is 0 Å². The molecule has 1 saturated heterocycles. The first-order chi connectivity index (χ1) is 9.65. The molecular weight excluding hydrogens is 320 g/mol. The van der Waals surface area contributed by atoms with Crippen LogP contribution in [0, 0.1) is 0 Å². The van der Waals surface area contributed by atoms with Crippen molar-refractivity contribution in [1.29, 1.82) is 0 Å². The lowest BCUT2D eigenvalue weighted by Crippen LogP contribution is -2.42. The van der Waals surface area contributed by atoms with Crippen molar-refractivity contribution in [3.8, 4) is 0 Å². The average Bonchev–Trinajstić information content (AvgIpc) is 3.02. The van der Waals surface area contributed by atoms with Gasteiger partial charge < -0.3 is 5.32 Å². The second-order valence-corrected chi connectivity index (χ2v) is 6.36. The average molecular weight is 337 g/mol. The van der Waals surface area contributed by atoms with E-state index in [2.05, 4.69) is 21.2 Å². The molecule has 1 atom stereocenters. The van der Waals surface area contributed by atoms with Crippen LogP contribution in [-0.4, -0.2) is 23.9 Å². The Kier molecular flexibility index (Phi) is 3.89. The molecule has 20 heavy (non-hydrogen) atoms. The van der Waals surface area contributed by atoms with E-state index in [-0.39, 0.29) is 24.3 Å². The molecule has 1 aliphatic carbocycles. The van der Waals surface area contributed by atoms with Crippen LogP contribution in [0.4, 0.5) is 5.69 Å². The van der Waals surface area contributed by atoms with Crippen LogP contribution in [0.5, 0.6) is 0 Å². The number of halogens is 1. The van der Waals surface area contributed by atoms with Crippen molar-refractivity contribution in [2.24, 2.45) is 0 Å². The quantitative estimate of drug-likeness (QED) is 0.863. The molecule has 0 aromatic heterocycles. The van der Waals surface area contributed by atoms with E-state index in [0.29, 0.717) is 11.7 Å². The molecule has 2 fully saturated rings. The number of carbonyl (C=O) groups excluding carboxylic acids is 2. The molecule has 1 saturated carbocycles. The summed E-state index contributed by atoms with van der Waals surface area (Å²) >= 11 is 3.35. The summed E-state index contributed by atoms with van der Waals surface area (Å²) in [4.78, 5) is 25.8. The summed E-state index contributed by atoms with van der Waals surface area (Å²) in [5.74, 6) is -0.239. The summed E-state index contributed by atoms with van der Waals surface area (Å²) in [6, 6.07) is 7.30. The van der Waals surface area contributed by atoms with E-state index in [1.54, 1.807) is 12.1 Å². The SMILES string of the molecule is O=C1C[C@H](NC2CCCC2)C(=O)N1c1ccc(Br)cc1. The van der Waals surface area contributed by atoms with Gasteiger partial charge in [-0.25, -0.2) is 4.90 Å². The van der Waals surface area contributed by atoms with E-state index in [0.717, 1.165) is 17.3 Å². The molecule has 0 spiro atoms. The molecule has 106 valence electrons. The molecule has 1 aromatic rings. The summed E-state index contributed by atoms with van der Waals surface area (Å²) < 4.78 is 0.931. The lowest BCUT2D eigenvalue weighted by Gasteiger charge is -2.18. The summed E-state index contributed by atoms with van der Waals surface area (Å²) in [5, 5.41) is 3.35. The first-order valence-electron chi connectivity index (χ1n) is 7.03. The highest BCUT2D eigenvalue weighted by molar-refractivity contribution is 9.10. The van der Waals surface area contributed by atoms with Gasteiger partial charge in [-0.3, -0.25) is 9.59 Å². The Balaban J connectivity index is 1.74. The van der Waals surface area contributed by atoms with Gasteiger partial charge in [0.05, 0.1) is 18.2 Å². The monoisotopic (exact) mass is 336 g/mol. The third-order valence-corrected chi connectivity index (χ3v) is 4.55. The molecule has 2 amide bonds. The van der Waals surface area contributed by atoms with Gasteiger partial charge in [-0.1, -0.05) is 28.8 Å². The Morgan fingerprint density at radius 1 is 1.10 bits per heavy atom. The Morgan fingerprint density at radius 3 is 2.40 bits per heavy atom. The molecule has 4 nitrogen and oxygen atoms in total. The molecule has 0 unspecified atom stereocenters. The first kappa shape index (κ1) is 13.8. The van der Waals surface area contributed by atoms with Gasteiger partial charge in [0.2, 0.25) is 5.91 Å². The van der Waals surface area contributed by atoms with Crippen LogP contribution in [0.25, 0.3) is 0 Å². The molecule has 5 heteroatoms. The van der Waals surface area contributed by atoms with Crippen LogP contribution in [0.2, 0.25) is 0 Å². The fraction of sp³-hybridized carbons (Fsp3) is 0.467. The molecule has 1 heterocycles. The number of amides is 2. The van der Waals surface area contributed by atoms with Gasteiger partial charge in [-0.2, -0.15) is 0 Å². The largest absolute Gasteiger partial charge is 0.303 e. The number of nitrogens with zero attached hydrogens (tertiary/aromatic N) is 1. The van der Waals surface area contributed by atoms with Crippen LogP contribution in [-0.2, 0) is 9.59 Å². The maximum absolute atomic E-state index is 12.4. The molecule has 1 N–H and O–H groups in total. The third kappa shape index (κ3) is 2.65. The zero-order valence-electron chi connectivity index (χ0n) is 11.1. The predicted octanol–water partition coefficient (Wildman–Crippen LogP) is 2.61. The first-order valence-corrected chi connectivity index (χ1v) is 7.83. The van der Waals surface area contributed by atoms with Crippen LogP contribution < -0.4 is 10.2 Å². The zero-order chi connectivity index (χ0) is 14.1. The highest BCUT2D eigenvalue weighted by Crippen LogP contribution is 2.26. The molecule has 1 aliphatic heterocycles. The highest BCUT2D eigenvalue weighted by atomic mass is 79.9. The number of anilines is 1. The third-order valence-electron chi connectivity index (χ3n) is 4.02. The topological polar surface area (TPSA) is 49.4 Å². The van der Waals surface area contributed by atoms with Crippen molar-refractivity contribution in [1.82, 2.24) is 5.32 Å². The van der Waals surface area contributed by atoms with Crippen molar-refractivity contribution >= 4 is 33.4 Å². The fourth-order valence-electron chi connectivity index (χ4n) is 3.00. The Labute approximate surface area is 126 Å². The van der Waals surface area contributed by atoms with Crippen molar-refractivity contribution in [3.63, 3.8) is 0 Å². The highest BCUT2D eigenvalue weighted by Gasteiger charge is 2.40. The Hall–Kier alpha value is -1.20. The molecule has 0 bridgehead atoms. The van der Waals surface area contributed by atoms with E-state index >= 15 is 0 Å². The van der Waals surface area contributed by atoms with Gasteiger partial charge >= 0.3 is 0 Å². The smallest absolute Gasteiger partial charge is 0.251 e. The van der Waals surface area contributed by atoms with Crippen molar-refractivity contribution < 1.29 is 9.59 Å². The van der Waals surface area contributed by atoms with Crippen LogP contribution in [0.15, 0.2) is 28.7 Å². The minimum Gasteiger partial charge on any atom is -0.303 e. The normalized spacial score (nSPS) is 23.9. The van der Waals surface area contributed by atoms with Crippen LogP contribution >= 0.6 is 15.9 Å². The van der Waals surface area contributed by atoms with Gasteiger partial charge in [0.25, 0.3) is 5.91 Å². The zero-order valence-corrected chi connectivity index (χ0v) is 12.7. The number of nitrogens with one attached hydrogen (secondary N) is 1. The maximum Gasteiger partial charge on any atom is 0.251 e. The minimum atomic E-state index is -0.353. The maximum atomic E-state index is 12.4. The molecule has 1 aromatic carbocycles. The van der Waals surface area contributed by atoms with Crippen LogP contribution in [0.3, 0.4) is 0 Å². The molecule has 3 rings (SSSR count). The fourth-order valence-corrected chi connectivity index (χ4v) is 3.26. The van der Waals surface area contributed by atoms with Gasteiger partial charge in [0.15, 0.2) is 0 Å². The lowest BCUT2D eigenvalue weighted by atomic mass is 10.2. The van der Waals surface area contributed by atoms with Crippen molar-refractivity contribution in [2.45, 2.75) is 44.2 Å². The summed E-state index contributed by atoms with van der Waals surface area (Å²) in [7, 11) is 0. The van der Waals surface area contributed by atoms with Gasteiger partial charge in [-0.05, 0) is 37.1 Å². The Morgan fingerprint density at radius 2 is 1.75 bits per heavy atom. The standard InChI is InChI=1S/C15H17BrN2O2/c16-10-5-7-12(8-6-10)18-14(19)9-13(15(18)20)17-11-3-1-2-4-11/h5-8,11,13,17H,1-4,9H2/t13-/m0/s1. The van der Waals surface area contributed by atoms with Crippen molar-refractivity contribution in [3.05, 3.63) is 28.7 Å². The molecule has 2 aliphatic rings. The van der Waals surface area contributed by atoms with Crippen LogP contribution in [0.1, 0.15) is 32.1 Å². The number of benzene rings is 1. The van der Waals surface area contributed by atoms with Gasteiger partial charge in [0.1, 0.15) is 0 Å². The summed E-state index contributed by atoms with van der Waals surface area (Å²) in [6.07, 6.45) is 4.91. The van der Waals surface area contributed by atoms with Crippen molar-refractivity contribution in [2.75, 3.05) is 4.90 Å². The second kappa shape index (κ2) is 5.66. The summed E-state index contributed by atoms with van der Waals surface area (Å²) in [6.45, 7) is 0.